The van der Waals surface area contributed by atoms with E-state index < -0.39 is 23.0 Å². The van der Waals surface area contributed by atoms with Gasteiger partial charge in [0.25, 0.3) is 11.6 Å². The molecule has 0 N–H and O–H groups in total. The lowest BCUT2D eigenvalue weighted by Gasteiger charge is -2.28. The summed E-state index contributed by atoms with van der Waals surface area (Å²) in [5.74, 6) is -1.47. The number of anilines is 1. The number of fused-ring (bicyclic) bond motifs is 1. The minimum Gasteiger partial charge on any atom is -0.280 e. The van der Waals surface area contributed by atoms with Gasteiger partial charge in [0.15, 0.2) is 6.10 Å². The molecule has 2 aromatic carbocycles. The molecule has 2 aliphatic heterocycles. The zero-order chi connectivity index (χ0) is 21.4. The van der Waals surface area contributed by atoms with E-state index in [0.29, 0.717) is 29.2 Å². The second-order valence-corrected chi connectivity index (χ2v) is 7.77. The van der Waals surface area contributed by atoms with Crippen molar-refractivity contribution in [2.45, 2.75) is 31.9 Å². The predicted octanol–water partition coefficient (Wildman–Crippen LogP) is 3.89. The number of carbonyl (C=O) groups excluding carboxylic acids is 2. The summed E-state index contributed by atoms with van der Waals surface area (Å²) in [6.07, 6.45) is 0.590. The van der Waals surface area contributed by atoms with Gasteiger partial charge in [0.2, 0.25) is 5.91 Å². The molecule has 3 atom stereocenters. The normalized spacial score (nSPS) is 23.2. The molecule has 0 spiro atoms. The van der Waals surface area contributed by atoms with E-state index in [2.05, 4.69) is 0 Å². The zero-order valence-electron chi connectivity index (χ0n) is 16.2. The Hall–Kier alpha value is -2.97. The number of unbranched alkanes of at least 4 members (excludes halogenated alkanes) is 1. The van der Waals surface area contributed by atoms with E-state index in [1.54, 1.807) is 36.4 Å². The molecule has 0 bridgehead atoms. The third kappa shape index (κ3) is 3.42. The Balaban J connectivity index is 1.77. The van der Waals surface area contributed by atoms with Crippen molar-refractivity contribution in [1.82, 2.24) is 4.90 Å². The maximum Gasteiger partial charge on any atom is 0.269 e. The summed E-state index contributed by atoms with van der Waals surface area (Å²) >= 11 is 5.99. The average Bonchev–Trinajstić information content (AvgIpc) is 3.24. The molecular weight excluding hydrogens is 410 g/mol. The molecule has 2 aliphatic rings. The molecular formula is C21H20ClN3O5. The number of nitro groups is 1. The van der Waals surface area contributed by atoms with Crippen LogP contribution in [0.1, 0.15) is 31.4 Å². The lowest BCUT2D eigenvalue weighted by molar-refractivity contribution is -0.384. The number of nitro benzene ring substituents is 1. The van der Waals surface area contributed by atoms with Crippen LogP contribution >= 0.6 is 11.6 Å². The first-order valence-corrected chi connectivity index (χ1v) is 10.1. The van der Waals surface area contributed by atoms with Gasteiger partial charge in [-0.1, -0.05) is 37.1 Å². The largest absolute Gasteiger partial charge is 0.280 e. The molecule has 0 saturated carbocycles. The van der Waals surface area contributed by atoms with E-state index in [9.17, 15) is 19.7 Å². The molecule has 30 heavy (non-hydrogen) atoms. The average molecular weight is 430 g/mol. The van der Waals surface area contributed by atoms with Crippen LogP contribution in [-0.2, 0) is 14.4 Å². The van der Waals surface area contributed by atoms with E-state index in [1.165, 1.54) is 22.1 Å². The third-order valence-electron chi connectivity index (χ3n) is 5.45. The molecule has 9 heteroatoms. The summed E-state index contributed by atoms with van der Waals surface area (Å²) in [4.78, 5) is 44.1. The quantitative estimate of drug-likeness (QED) is 0.393. The number of rotatable bonds is 6. The maximum absolute atomic E-state index is 13.2. The first-order chi connectivity index (χ1) is 14.4. The zero-order valence-corrected chi connectivity index (χ0v) is 17.0. The van der Waals surface area contributed by atoms with E-state index in [4.69, 9.17) is 16.4 Å². The van der Waals surface area contributed by atoms with Crippen LogP contribution in [0.3, 0.4) is 0 Å². The van der Waals surface area contributed by atoms with E-state index in [-0.39, 0.29) is 17.5 Å². The first kappa shape index (κ1) is 20.3. The van der Waals surface area contributed by atoms with Gasteiger partial charge in [-0.3, -0.25) is 29.4 Å². The van der Waals surface area contributed by atoms with Gasteiger partial charge in [-0.25, -0.2) is 5.06 Å². The number of non-ortho nitro benzene ring substituents is 1. The smallest absolute Gasteiger partial charge is 0.269 e. The highest BCUT2D eigenvalue weighted by molar-refractivity contribution is 6.30. The molecule has 2 fully saturated rings. The summed E-state index contributed by atoms with van der Waals surface area (Å²) in [5, 5.41) is 13.3. The number of benzene rings is 2. The van der Waals surface area contributed by atoms with Crippen molar-refractivity contribution in [1.29, 1.82) is 0 Å². The van der Waals surface area contributed by atoms with Crippen molar-refractivity contribution in [3.8, 4) is 0 Å². The van der Waals surface area contributed by atoms with Crippen LogP contribution in [0.5, 0.6) is 0 Å². The van der Waals surface area contributed by atoms with Crippen molar-refractivity contribution >= 4 is 34.8 Å². The molecule has 2 amide bonds. The second-order valence-electron chi connectivity index (χ2n) is 7.33. The Morgan fingerprint density at radius 1 is 1.13 bits per heavy atom. The Bertz CT molecular complexity index is 996. The molecule has 0 aromatic heterocycles. The fourth-order valence-electron chi connectivity index (χ4n) is 3.98. The number of hydrogen-bond acceptors (Lipinski definition) is 6. The highest BCUT2D eigenvalue weighted by Gasteiger charge is 2.59. The highest BCUT2D eigenvalue weighted by Crippen LogP contribution is 2.47. The van der Waals surface area contributed by atoms with Gasteiger partial charge in [-0.15, -0.1) is 0 Å². The third-order valence-corrected chi connectivity index (χ3v) is 5.70. The number of halogens is 1. The number of hydrogen-bond donors (Lipinski definition) is 0. The van der Waals surface area contributed by atoms with Crippen LogP contribution in [0.15, 0.2) is 48.5 Å². The molecule has 0 unspecified atom stereocenters. The van der Waals surface area contributed by atoms with Crippen molar-refractivity contribution in [2.24, 2.45) is 5.92 Å². The van der Waals surface area contributed by atoms with Crippen LogP contribution in [0, 0.1) is 16.0 Å². The van der Waals surface area contributed by atoms with Crippen molar-refractivity contribution in [3.05, 3.63) is 69.2 Å². The summed E-state index contributed by atoms with van der Waals surface area (Å²) in [6, 6.07) is 12.2. The molecule has 156 valence electrons. The number of carbonyl (C=O) groups is 2. The Morgan fingerprint density at radius 3 is 2.53 bits per heavy atom. The Morgan fingerprint density at radius 2 is 1.87 bits per heavy atom. The van der Waals surface area contributed by atoms with E-state index in [1.807, 2.05) is 6.92 Å². The van der Waals surface area contributed by atoms with Gasteiger partial charge in [-0.05, 0) is 36.2 Å². The standard InChI is InChI=1S/C21H20ClN3O5/c1-2-3-11-23-20(26)17-18(13-5-4-6-16(12-13)25(28)29)24(30-19(17)21(23)27)15-9-7-14(22)8-10-15/h4-10,12,17-19H,2-3,11H2,1H3/t17-,18-,19-/m0/s1. The highest BCUT2D eigenvalue weighted by atomic mass is 35.5. The van der Waals surface area contributed by atoms with Crippen LogP contribution in [0.4, 0.5) is 11.4 Å². The number of imide groups is 1. The predicted molar refractivity (Wildman–Crippen MR) is 110 cm³/mol. The summed E-state index contributed by atoms with van der Waals surface area (Å²) in [5.41, 5.74) is 1.04. The number of amides is 2. The molecule has 0 aliphatic carbocycles. The fraction of sp³-hybridized carbons (Fsp3) is 0.333. The van der Waals surface area contributed by atoms with Gasteiger partial charge < -0.3 is 0 Å². The van der Waals surface area contributed by atoms with Crippen molar-refractivity contribution < 1.29 is 19.3 Å². The van der Waals surface area contributed by atoms with E-state index in [0.717, 1.165) is 6.42 Å². The van der Waals surface area contributed by atoms with Gasteiger partial charge >= 0.3 is 0 Å². The Kier molecular flexibility index (Phi) is 5.44. The van der Waals surface area contributed by atoms with Crippen LogP contribution in [-0.4, -0.2) is 34.3 Å². The summed E-state index contributed by atoms with van der Waals surface area (Å²) in [7, 11) is 0. The monoisotopic (exact) mass is 429 g/mol. The minimum absolute atomic E-state index is 0.0911. The number of nitrogens with zero attached hydrogens (tertiary/aromatic N) is 3. The van der Waals surface area contributed by atoms with Gasteiger partial charge in [0, 0.05) is 23.7 Å². The van der Waals surface area contributed by atoms with Gasteiger partial charge in [0.05, 0.1) is 16.7 Å². The summed E-state index contributed by atoms with van der Waals surface area (Å²) < 4.78 is 0. The minimum atomic E-state index is -0.964. The molecule has 8 nitrogen and oxygen atoms in total. The van der Waals surface area contributed by atoms with Gasteiger partial charge in [-0.2, -0.15) is 0 Å². The molecule has 2 heterocycles. The molecule has 4 rings (SSSR count). The van der Waals surface area contributed by atoms with Crippen molar-refractivity contribution in [2.75, 3.05) is 11.6 Å². The molecule has 2 saturated heterocycles. The van der Waals surface area contributed by atoms with Crippen molar-refractivity contribution in [3.63, 3.8) is 0 Å². The molecule has 0 radical (unpaired) electrons. The van der Waals surface area contributed by atoms with Crippen LogP contribution in [0.2, 0.25) is 5.02 Å². The SMILES string of the molecule is CCCCN1C(=O)[C@@H]2[C@H](ON(c3ccc(Cl)cc3)[C@H]2c2cccc([N+](=O)[O-])c2)C1=O. The second kappa shape index (κ2) is 8.04. The number of likely N-dealkylation sites (tertiary alicyclic amines) is 1. The van der Waals surface area contributed by atoms with E-state index >= 15 is 0 Å². The first-order valence-electron chi connectivity index (χ1n) is 9.73. The van der Waals surface area contributed by atoms with Crippen LogP contribution in [0.25, 0.3) is 0 Å². The summed E-state index contributed by atoms with van der Waals surface area (Å²) in [6.45, 7) is 2.32. The van der Waals surface area contributed by atoms with Gasteiger partial charge in [0.1, 0.15) is 5.92 Å². The lowest BCUT2D eigenvalue weighted by Crippen LogP contribution is -2.37. The lowest BCUT2D eigenvalue weighted by atomic mass is 9.90. The fourth-order valence-corrected chi connectivity index (χ4v) is 4.11. The molecule has 2 aromatic rings. The maximum atomic E-state index is 13.2. The van der Waals surface area contributed by atoms with Crippen LogP contribution < -0.4 is 5.06 Å². The number of hydroxylamine groups is 1. The topological polar surface area (TPSA) is 93.0 Å². The Labute approximate surface area is 178 Å².